The second-order valence-electron chi connectivity index (χ2n) is 9.64. The molecule has 0 spiro atoms. The van der Waals surface area contributed by atoms with Gasteiger partial charge in [-0.25, -0.2) is 19.6 Å². The van der Waals surface area contributed by atoms with Crippen molar-refractivity contribution in [2.24, 2.45) is 4.99 Å². The third-order valence-electron chi connectivity index (χ3n) is 6.97. The molecule has 214 valence electrons. The number of ether oxygens (including phenoxy) is 2. The molecule has 1 fully saturated rings. The SMILES string of the molecule is COOCC1=C(C)NC(C)=C(C(=O)OCCOc2ccc3c(c2)CN2CC(=O)NC2=N3)C1c1cccc([N+](=O)[O-])c1. The second kappa shape index (κ2) is 11.8. The number of benzene rings is 2. The largest absolute Gasteiger partial charge is 0.490 e. The van der Waals surface area contributed by atoms with Crippen LogP contribution in [0, 0.1) is 10.1 Å². The van der Waals surface area contributed by atoms with E-state index in [9.17, 15) is 19.7 Å². The predicted molar refractivity (Wildman–Crippen MR) is 146 cm³/mol. The van der Waals surface area contributed by atoms with E-state index >= 15 is 0 Å². The number of nitro benzene ring substituents is 1. The van der Waals surface area contributed by atoms with Crippen molar-refractivity contribution in [1.29, 1.82) is 0 Å². The molecule has 13 heteroatoms. The van der Waals surface area contributed by atoms with Crippen LogP contribution in [0.1, 0.15) is 30.9 Å². The number of esters is 1. The van der Waals surface area contributed by atoms with Gasteiger partial charge in [-0.05, 0) is 43.2 Å². The van der Waals surface area contributed by atoms with Crippen molar-refractivity contribution < 1.29 is 33.8 Å². The molecule has 5 rings (SSSR count). The fraction of sp³-hybridized carbons (Fsp3) is 0.321. The number of non-ortho nitro benzene ring substituents is 1. The van der Waals surface area contributed by atoms with Gasteiger partial charge < -0.3 is 19.7 Å². The van der Waals surface area contributed by atoms with Crippen LogP contribution in [0.25, 0.3) is 0 Å². The molecule has 3 aliphatic rings. The Hall–Kier alpha value is -4.75. The topological polar surface area (TPSA) is 154 Å². The van der Waals surface area contributed by atoms with E-state index in [0.717, 1.165) is 16.9 Å². The maximum Gasteiger partial charge on any atom is 0.336 e. The number of allylic oxidation sites excluding steroid dienone is 2. The summed E-state index contributed by atoms with van der Waals surface area (Å²) >= 11 is 0. The van der Waals surface area contributed by atoms with E-state index in [1.165, 1.54) is 19.2 Å². The Morgan fingerprint density at radius 1 is 1.12 bits per heavy atom. The molecule has 3 aliphatic heterocycles. The van der Waals surface area contributed by atoms with Crippen LogP contribution >= 0.6 is 0 Å². The molecule has 2 aromatic rings. The van der Waals surface area contributed by atoms with Gasteiger partial charge in [-0.3, -0.25) is 20.2 Å². The first-order valence-electron chi connectivity index (χ1n) is 12.9. The van der Waals surface area contributed by atoms with Crippen LogP contribution in [0.3, 0.4) is 0 Å². The number of dihydropyridines is 1. The van der Waals surface area contributed by atoms with E-state index in [0.29, 0.717) is 40.7 Å². The van der Waals surface area contributed by atoms with E-state index in [4.69, 9.17) is 19.2 Å². The lowest BCUT2D eigenvalue weighted by Crippen LogP contribution is -2.32. The lowest BCUT2D eigenvalue weighted by molar-refractivity contribution is -0.384. The number of guanidine groups is 1. The van der Waals surface area contributed by atoms with Gasteiger partial charge >= 0.3 is 5.97 Å². The highest BCUT2D eigenvalue weighted by molar-refractivity contribution is 6.05. The van der Waals surface area contributed by atoms with Gasteiger partial charge in [0, 0.05) is 41.6 Å². The fourth-order valence-corrected chi connectivity index (χ4v) is 5.11. The zero-order valence-corrected chi connectivity index (χ0v) is 22.8. The Morgan fingerprint density at radius 2 is 1.95 bits per heavy atom. The number of nitrogens with one attached hydrogen (secondary N) is 2. The van der Waals surface area contributed by atoms with E-state index in [-0.39, 0.29) is 38.0 Å². The first kappa shape index (κ1) is 27.8. The maximum atomic E-state index is 13.4. The summed E-state index contributed by atoms with van der Waals surface area (Å²) in [7, 11) is 1.38. The number of nitro groups is 1. The first-order chi connectivity index (χ1) is 19.7. The fourth-order valence-electron chi connectivity index (χ4n) is 5.11. The van der Waals surface area contributed by atoms with Crippen molar-refractivity contribution in [1.82, 2.24) is 15.5 Å². The van der Waals surface area contributed by atoms with Crippen LogP contribution in [-0.4, -0.2) is 61.1 Å². The number of nitrogens with zero attached hydrogens (tertiary/aromatic N) is 3. The van der Waals surface area contributed by atoms with E-state index in [2.05, 4.69) is 15.6 Å². The zero-order chi connectivity index (χ0) is 29.1. The Bertz CT molecular complexity index is 1500. The van der Waals surface area contributed by atoms with Gasteiger partial charge in [0.15, 0.2) is 0 Å². The van der Waals surface area contributed by atoms with Crippen molar-refractivity contribution in [2.75, 3.05) is 33.5 Å². The molecule has 1 saturated heterocycles. The summed E-state index contributed by atoms with van der Waals surface area (Å²) in [6, 6.07) is 11.6. The standard InChI is InChI=1S/C28H29N5O8/c1-16-22(15-41-38-3)26(18-5-4-6-20(11-18)33(36)37)25(17(2)29-16)27(35)40-10-9-39-21-7-8-23-19(12-21)13-32-14-24(34)31-28(32)30-23/h4-8,11-12,26,29H,9-10,13-15H2,1-3H3,(H,30,31,34). The minimum absolute atomic E-state index is 0.0291. The van der Waals surface area contributed by atoms with E-state index < -0.39 is 16.8 Å². The Labute approximate surface area is 235 Å². The van der Waals surface area contributed by atoms with Crippen molar-refractivity contribution >= 4 is 29.2 Å². The Morgan fingerprint density at radius 3 is 2.73 bits per heavy atom. The van der Waals surface area contributed by atoms with Crippen molar-refractivity contribution in [2.45, 2.75) is 26.3 Å². The maximum absolute atomic E-state index is 13.4. The lowest BCUT2D eigenvalue weighted by atomic mass is 9.80. The highest BCUT2D eigenvalue weighted by Gasteiger charge is 2.35. The smallest absolute Gasteiger partial charge is 0.336 e. The molecule has 1 amide bonds. The Kier molecular flexibility index (Phi) is 7.99. The number of rotatable bonds is 10. The molecule has 3 heterocycles. The average molecular weight is 564 g/mol. The van der Waals surface area contributed by atoms with E-state index in [1.54, 1.807) is 25.1 Å². The molecule has 2 N–H and O–H groups in total. The molecule has 0 aliphatic carbocycles. The second-order valence-corrected chi connectivity index (χ2v) is 9.64. The summed E-state index contributed by atoms with van der Waals surface area (Å²) in [4.78, 5) is 52.4. The quantitative estimate of drug-likeness (QED) is 0.145. The molecule has 0 radical (unpaired) electrons. The molecular formula is C28H29N5O8. The number of carbonyl (C=O) groups excluding carboxylic acids is 2. The summed E-state index contributed by atoms with van der Waals surface area (Å²) < 4.78 is 11.4. The molecule has 0 saturated carbocycles. The summed E-state index contributed by atoms with van der Waals surface area (Å²) in [6.45, 7) is 4.46. The Balaban J connectivity index is 1.27. The van der Waals surface area contributed by atoms with Crippen LogP contribution in [0.15, 0.2) is 70.0 Å². The van der Waals surface area contributed by atoms with Gasteiger partial charge in [-0.2, -0.15) is 0 Å². The molecular weight excluding hydrogens is 534 g/mol. The van der Waals surface area contributed by atoms with Gasteiger partial charge in [0.2, 0.25) is 11.9 Å². The third kappa shape index (κ3) is 5.90. The molecule has 0 bridgehead atoms. The minimum Gasteiger partial charge on any atom is -0.490 e. The first-order valence-corrected chi connectivity index (χ1v) is 12.9. The molecule has 1 unspecified atom stereocenters. The highest BCUT2D eigenvalue weighted by Crippen LogP contribution is 2.39. The molecule has 1 atom stereocenters. The number of hydrogen-bond acceptors (Lipinski definition) is 11. The van der Waals surface area contributed by atoms with Crippen LogP contribution < -0.4 is 15.4 Å². The monoisotopic (exact) mass is 563 g/mol. The van der Waals surface area contributed by atoms with Gasteiger partial charge in [0.1, 0.15) is 32.1 Å². The van der Waals surface area contributed by atoms with Gasteiger partial charge in [-0.15, -0.1) is 0 Å². The summed E-state index contributed by atoms with van der Waals surface area (Å²) in [5.74, 6) is -0.201. The number of fused-ring (bicyclic) bond motifs is 2. The van der Waals surface area contributed by atoms with Crippen molar-refractivity contribution in [3.05, 3.63) is 86.2 Å². The molecule has 41 heavy (non-hydrogen) atoms. The lowest BCUT2D eigenvalue weighted by Gasteiger charge is -2.31. The molecule has 13 nitrogen and oxygen atoms in total. The number of carbonyl (C=O) groups is 2. The van der Waals surface area contributed by atoms with Gasteiger partial charge in [-0.1, -0.05) is 12.1 Å². The van der Waals surface area contributed by atoms with Crippen LogP contribution in [0.5, 0.6) is 5.75 Å². The molecule has 0 aromatic heterocycles. The van der Waals surface area contributed by atoms with E-state index in [1.807, 2.05) is 24.0 Å². The van der Waals surface area contributed by atoms with Crippen molar-refractivity contribution in [3.63, 3.8) is 0 Å². The average Bonchev–Trinajstić information content (AvgIpc) is 3.31. The minimum atomic E-state index is -0.655. The number of hydrogen-bond donors (Lipinski definition) is 2. The summed E-state index contributed by atoms with van der Waals surface area (Å²) in [6.07, 6.45) is 0. The zero-order valence-electron chi connectivity index (χ0n) is 22.8. The normalized spacial score (nSPS) is 17.8. The number of aliphatic imine (C=N–C) groups is 1. The van der Waals surface area contributed by atoms with Gasteiger partial charge in [0.25, 0.3) is 5.69 Å². The summed E-state index contributed by atoms with van der Waals surface area (Å²) in [5, 5.41) is 17.4. The highest BCUT2D eigenvalue weighted by atomic mass is 17.2. The summed E-state index contributed by atoms with van der Waals surface area (Å²) in [5.41, 5.74) is 4.42. The van der Waals surface area contributed by atoms with Crippen LogP contribution in [0.2, 0.25) is 0 Å². The number of amides is 1. The van der Waals surface area contributed by atoms with Crippen LogP contribution in [0.4, 0.5) is 11.4 Å². The predicted octanol–water partition coefficient (Wildman–Crippen LogP) is 2.96. The molecule has 2 aromatic carbocycles. The van der Waals surface area contributed by atoms with Crippen LogP contribution in [-0.2, 0) is 30.6 Å². The van der Waals surface area contributed by atoms with Gasteiger partial charge in [0.05, 0.1) is 23.3 Å². The third-order valence-corrected chi connectivity index (χ3v) is 6.97. The van der Waals surface area contributed by atoms with Crippen molar-refractivity contribution in [3.8, 4) is 5.75 Å².